The van der Waals surface area contributed by atoms with E-state index in [1.54, 1.807) is 72.8 Å². The van der Waals surface area contributed by atoms with E-state index in [1.807, 2.05) is 6.07 Å². The summed E-state index contributed by atoms with van der Waals surface area (Å²) in [5, 5.41) is 3.16. The van der Waals surface area contributed by atoms with Crippen molar-refractivity contribution < 1.29 is 37.0 Å². The van der Waals surface area contributed by atoms with E-state index in [2.05, 4.69) is 5.32 Å². The van der Waals surface area contributed by atoms with Gasteiger partial charge in [0.1, 0.15) is 18.4 Å². The number of ketones is 1. The second-order valence-electron chi connectivity index (χ2n) is 10.4. The van der Waals surface area contributed by atoms with Gasteiger partial charge in [0, 0.05) is 29.3 Å². The van der Waals surface area contributed by atoms with E-state index in [4.69, 9.17) is 9.47 Å². The molecule has 0 heterocycles. The van der Waals surface area contributed by atoms with Crippen LogP contribution in [0.15, 0.2) is 78.9 Å². The summed E-state index contributed by atoms with van der Waals surface area (Å²) in [6.45, 7) is -0.254. The first kappa shape index (κ1) is 31.6. The smallest absolute Gasteiger partial charge is 0.471 e. The van der Waals surface area contributed by atoms with Crippen LogP contribution in [0.3, 0.4) is 0 Å². The van der Waals surface area contributed by atoms with Gasteiger partial charge in [-0.2, -0.15) is 13.2 Å². The highest BCUT2D eigenvalue weighted by Crippen LogP contribution is 2.28. The first-order chi connectivity index (χ1) is 20.7. The summed E-state index contributed by atoms with van der Waals surface area (Å²) >= 11 is 0. The molecule has 3 aromatic carbocycles. The number of hydrogen-bond donors (Lipinski definition) is 1. The van der Waals surface area contributed by atoms with Gasteiger partial charge in [-0.05, 0) is 42.7 Å². The molecule has 0 bridgehead atoms. The van der Waals surface area contributed by atoms with Crippen LogP contribution in [0.2, 0.25) is 0 Å². The Bertz CT molecular complexity index is 1370. The summed E-state index contributed by atoms with van der Waals surface area (Å²) < 4.78 is 50.4. The third-order valence-electron chi connectivity index (χ3n) is 7.51. The van der Waals surface area contributed by atoms with Crippen molar-refractivity contribution in [1.82, 2.24) is 4.90 Å². The number of amides is 1. The number of alkyl halides is 3. The average molecular weight is 597 g/mol. The molecule has 1 aliphatic carbocycles. The molecule has 10 heteroatoms. The van der Waals surface area contributed by atoms with Gasteiger partial charge in [-0.3, -0.25) is 9.59 Å². The average Bonchev–Trinajstić information content (AvgIpc) is 3.03. The van der Waals surface area contributed by atoms with Gasteiger partial charge >= 0.3 is 18.1 Å². The fraction of sp³-hybridized carbons (Fsp3) is 0.364. The van der Waals surface area contributed by atoms with Crippen LogP contribution in [-0.2, 0) is 20.7 Å². The largest absolute Gasteiger partial charge is 0.492 e. The second kappa shape index (κ2) is 14.7. The van der Waals surface area contributed by atoms with E-state index < -0.39 is 30.1 Å². The minimum Gasteiger partial charge on any atom is -0.492 e. The molecule has 1 amide bonds. The number of methoxy groups -OCH3 is 1. The van der Waals surface area contributed by atoms with Gasteiger partial charge in [-0.15, -0.1) is 0 Å². The number of halogens is 3. The molecule has 0 spiro atoms. The van der Waals surface area contributed by atoms with Gasteiger partial charge in [0.25, 0.3) is 0 Å². The van der Waals surface area contributed by atoms with Crippen molar-refractivity contribution in [2.24, 2.45) is 0 Å². The first-order valence-electron chi connectivity index (χ1n) is 14.3. The number of benzene rings is 3. The molecule has 0 saturated heterocycles. The lowest BCUT2D eigenvalue weighted by molar-refractivity contribution is -0.188. The van der Waals surface area contributed by atoms with E-state index in [0.717, 1.165) is 29.7 Å². The van der Waals surface area contributed by atoms with E-state index >= 15 is 0 Å². The Morgan fingerprint density at radius 3 is 2.21 bits per heavy atom. The van der Waals surface area contributed by atoms with Gasteiger partial charge in [-0.25, -0.2) is 4.79 Å². The van der Waals surface area contributed by atoms with Gasteiger partial charge in [-0.1, -0.05) is 73.9 Å². The number of carbonyl (C=O) groups excluding carboxylic acids is 3. The number of para-hydroxylation sites is 1. The molecule has 1 N–H and O–H groups in total. The fourth-order valence-corrected chi connectivity index (χ4v) is 5.30. The lowest BCUT2D eigenvalue weighted by atomic mass is 9.94. The standard InChI is InChI=1S/C33H35F3N2O5/c1-42-31(40)29(37-28-15-9-8-14-27(28)30(39)24-10-4-2-5-11-24)22-23-16-18-26(19-17-23)43-21-20-38(32(41)33(34,35)36)25-12-6-3-7-13-25/h2,4-5,8-11,14-19,25,29,37H,3,6-7,12-13,20-22H2,1H3. The van der Waals surface area contributed by atoms with Crippen molar-refractivity contribution in [2.45, 2.75) is 56.8 Å². The van der Waals surface area contributed by atoms with E-state index in [-0.39, 0.29) is 25.4 Å². The molecule has 0 aliphatic heterocycles. The maximum absolute atomic E-state index is 13.2. The summed E-state index contributed by atoms with van der Waals surface area (Å²) in [6, 6.07) is 21.3. The summed E-state index contributed by atoms with van der Waals surface area (Å²) in [4.78, 5) is 38.8. The molecule has 1 unspecified atom stereocenters. The monoisotopic (exact) mass is 596 g/mol. The van der Waals surface area contributed by atoms with Crippen molar-refractivity contribution in [3.8, 4) is 5.75 Å². The van der Waals surface area contributed by atoms with E-state index in [0.29, 0.717) is 35.4 Å². The summed E-state index contributed by atoms with van der Waals surface area (Å²) in [5.74, 6) is -2.10. The SMILES string of the molecule is COC(=O)C(Cc1ccc(OCCN(C(=O)C(F)(F)F)C2CCCCC2)cc1)Nc1ccccc1C(=O)c1ccccc1. The van der Waals surface area contributed by atoms with Crippen molar-refractivity contribution in [3.05, 3.63) is 95.6 Å². The van der Waals surface area contributed by atoms with Crippen LogP contribution in [0.4, 0.5) is 18.9 Å². The fourth-order valence-electron chi connectivity index (χ4n) is 5.30. The van der Waals surface area contributed by atoms with Crippen molar-refractivity contribution in [2.75, 3.05) is 25.6 Å². The molecule has 4 rings (SSSR count). The Morgan fingerprint density at radius 2 is 1.56 bits per heavy atom. The summed E-state index contributed by atoms with van der Waals surface area (Å²) in [5.41, 5.74) is 2.19. The molecule has 228 valence electrons. The van der Waals surface area contributed by atoms with Gasteiger partial charge in [0.15, 0.2) is 5.78 Å². The molecule has 1 atom stereocenters. The maximum Gasteiger partial charge on any atom is 0.471 e. The highest BCUT2D eigenvalue weighted by Gasteiger charge is 2.44. The van der Waals surface area contributed by atoms with Crippen LogP contribution in [0, 0.1) is 0 Å². The normalized spacial score (nSPS) is 14.4. The molecule has 1 fully saturated rings. The van der Waals surface area contributed by atoms with Crippen LogP contribution >= 0.6 is 0 Å². The number of esters is 1. The minimum absolute atomic E-state index is 0.0871. The molecule has 43 heavy (non-hydrogen) atoms. The third-order valence-corrected chi connectivity index (χ3v) is 7.51. The zero-order valence-electron chi connectivity index (χ0n) is 23.9. The van der Waals surface area contributed by atoms with Crippen LogP contribution in [0.5, 0.6) is 5.75 Å². The van der Waals surface area contributed by atoms with Crippen molar-refractivity contribution in [1.29, 1.82) is 0 Å². The molecule has 3 aromatic rings. The van der Waals surface area contributed by atoms with Crippen molar-refractivity contribution in [3.63, 3.8) is 0 Å². The van der Waals surface area contributed by atoms with Crippen LogP contribution in [0.25, 0.3) is 0 Å². The molecular weight excluding hydrogens is 561 g/mol. The topological polar surface area (TPSA) is 84.9 Å². The molecule has 0 radical (unpaired) electrons. The number of rotatable bonds is 12. The number of ether oxygens (including phenoxy) is 2. The predicted octanol–water partition coefficient (Wildman–Crippen LogP) is 6.22. The Kier molecular flexibility index (Phi) is 10.8. The maximum atomic E-state index is 13.2. The molecule has 7 nitrogen and oxygen atoms in total. The van der Waals surface area contributed by atoms with E-state index in [1.165, 1.54) is 7.11 Å². The third kappa shape index (κ3) is 8.59. The van der Waals surface area contributed by atoms with Crippen LogP contribution in [0.1, 0.15) is 53.6 Å². The summed E-state index contributed by atoms with van der Waals surface area (Å²) in [6.07, 6.45) is -1.05. The highest BCUT2D eigenvalue weighted by molar-refractivity contribution is 6.12. The number of nitrogens with one attached hydrogen (secondary N) is 1. The zero-order valence-corrected chi connectivity index (χ0v) is 23.9. The Hall–Kier alpha value is -4.34. The first-order valence-corrected chi connectivity index (χ1v) is 14.3. The zero-order chi connectivity index (χ0) is 30.8. The Labute approximate surface area is 249 Å². The summed E-state index contributed by atoms with van der Waals surface area (Å²) in [7, 11) is 1.29. The lowest BCUT2D eigenvalue weighted by Gasteiger charge is -2.34. The number of hydrogen-bond acceptors (Lipinski definition) is 6. The van der Waals surface area contributed by atoms with Gasteiger partial charge in [0.05, 0.1) is 13.7 Å². The Morgan fingerprint density at radius 1 is 0.907 bits per heavy atom. The van der Waals surface area contributed by atoms with Crippen molar-refractivity contribution >= 4 is 23.3 Å². The quantitative estimate of drug-likeness (QED) is 0.198. The minimum atomic E-state index is -4.93. The number of carbonyl (C=O) groups is 3. The lowest BCUT2D eigenvalue weighted by Crippen LogP contribution is -2.49. The molecule has 1 aliphatic rings. The van der Waals surface area contributed by atoms with Gasteiger partial charge in [0.2, 0.25) is 0 Å². The number of nitrogens with zero attached hydrogens (tertiary/aromatic N) is 1. The predicted molar refractivity (Wildman–Crippen MR) is 156 cm³/mol. The molecule has 0 aromatic heterocycles. The highest BCUT2D eigenvalue weighted by atomic mass is 19.4. The molecule has 1 saturated carbocycles. The van der Waals surface area contributed by atoms with Gasteiger partial charge < -0.3 is 19.7 Å². The molecular formula is C33H35F3N2O5. The number of anilines is 1. The van der Waals surface area contributed by atoms with E-state index in [9.17, 15) is 27.6 Å². The Balaban J connectivity index is 1.40. The van der Waals surface area contributed by atoms with Crippen LogP contribution in [-0.4, -0.2) is 61.1 Å². The second-order valence-corrected chi connectivity index (χ2v) is 10.4. The van der Waals surface area contributed by atoms with Crippen LogP contribution < -0.4 is 10.1 Å².